The Morgan fingerprint density at radius 1 is 1.27 bits per heavy atom. The summed E-state index contributed by atoms with van der Waals surface area (Å²) in [7, 11) is 0. The second kappa shape index (κ2) is 9.58. The fourth-order valence-corrected chi connectivity index (χ4v) is 4.39. The summed E-state index contributed by atoms with van der Waals surface area (Å²) in [4.78, 5) is 13.4. The molecule has 144 valence electrons. The van der Waals surface area contributed by atoms with Gasteiger partial charge in [-0.25, -0.2) is 0 Å². The minimum Gasteiger partial charge on any atom is -0.498 e. The number of aliphatic hydroxyl groups excluding tert-OH is 1. The van der Waals surface area contributed by atoms with Crippen LogP contribution in [0.15, 0.2) is 47.1 Å². The number of thioether (sulfide) groups is 1. The Kier molecular flexibility index (Phi) is 7.74. The van der Waals surface area contributed by atoms with Gasteiger partial charge in [0.25, 0.3) is 0 Å². The average Bonchev–Trinajstić information content (AvgIpc) is 2.58. The number of benzene rings is 1. The van der Waals surface area contributed by atoms with E-state index in [0.29, 0.717) is 32.3 Å². The van der Waals surface area contributed by atoms with Gasteiger partial charge in [0.2, 0.25) is 0 Å². The molecule has 0 spiro atoms. The lowest BCUT2D eigenvalue weighted by atomic mass is 9.84. The molecule has 0 heterocycles. The lowest BCUT2D eigenvalue weighted by Crippen LogP contribution is -2.36. The molecular weight excluding hydrogens is 348 g/mol. The highest BCUT2D eigenvalue weighted by Gasteiger charge is 2.33. The molecule has 0 aliphatic heterocycles. The van der Waals surface area contributed by atoms with Crippen LogP contribution in [-0.2, 0) is 9.53 Å². The van der Waals surface area contributed by atoms with Crippen LogP contribution in [0, 0.1) is 5.92 Å². The van der Waals surface area contributed by atoms with Gasteiger partial charge in [-0.3, -0.25) is 4.79 Å². The first-order chi connectivity index (χ1) is 12.3. The van der Waals surface area contributed by atoms with Crippen molar-refractivity contribution in [3.8, 4) is 0 Å². The summed E-state index contributed by atoms with van der Waals surface area (Å²) in [5, 5.41) is 21.0. The Labute approximate surface area is 160 Å². The number of allylic oxidation sites excluding steroid dienone is 2. The molecule has 2 rings (SSSR count). The molecule has 2 N–H and O–H groups in total. The maximum absolute atomic E-state index is 12.3. The first-order valence-electron chi connectivity index (χ1n) is 9.30. The highest BCUT2D eigenvalue weighted by Crippen LogP contribution is 2.35. The Morgan fingerprint density at radius 3 is 2.54 bits per heavy atom. The van der Waals surface area contributed by atoms with E-state index in [1.54, 1.807) is 25.6 Å². The van der Waals surface area contributed by atoms with Crippen molar-refractivity contribution in [1.82, 2.24) is 0 Å². The molecule has 26 heavy (non-hydrogen) atoms. The minimum absolute atomic E-state index is 0.0530. The van der Waals surface area contributed by atoms with Gasteiger partial charge in [0.1, 0.15) is 0 Å². The minimum atomic E-state index is -0.876. The Hall–Kier alpha value is -1.30. The molecule has 1 aliphatic carbocycles. The standard InChI is InChI=1S/C21H30O4S/c1-4-25-15-10-11-17(19(23)14-15)18(22)12-13-20(21(2,3)24)26-16-8-6-5-7-9-16/h5-9,14,17-18,20,22,24H,4,10-13H2,1-3H3. The zero-order valence-corrected chi connectivity index (χ0v) is 16.7. The topological polar surface area (TPSA) is 66.8 Å². The molecule has 4 nitrogen and oxygen atoms in total. The van der Waals surface area contributed by atoms with E-state index in [2.05, 4.69) is 0 Å². The van der Waals surface area contributed by atoms with Crippen LogP contribution in [0.1, 0.15) is 46.5 Å². The third-order valence-electron chi connectivity index (χ3n) is 4.70. The molecule has 0 fully saturated rings. The lowest BCUT2D eigenvalue weighted by Gasteiger charge is -2.31. The van der Waals surface area contributed by atoms with Crippen molar-refractivity contribution in [1.29, 1.82) is 0 Å². The third kappa shape index (κ3) is 6.15. The van der Waals surface area contributed by atoms with Gasteiger partial charge in [-0.1, -0.05) is 18.2 Å². The molecule has 0 radical (unpaired) electrons. The van der Waals surface area contributed by atoms with E-state index in [1.165, 1.54) is 6.08 Å². The number of carbonyl (C=O) groups is 1. The highest BCUT2D eigenvalue weighted by atomic mass is 32.2. The van der Waals surface area contributed by atoms with E-state index in [0.717, 1.165) is 10.7 Å². The molecular formula is C21H30O4S. The van der Waals surface area contributed by atoms with Crippen LogP contribution < -0.4 is 0 Å². The molecule has 1 aliphatic rings. The normalized spacial score (nSPS) is 20.4. The van der Waals surface area contributed by atoms with Gasteiger partial charge in [-0.15, -0.1) is 11.8 Å². The van der Waals surface area contributed by atoms with Crippen molar-refractivity contribution in [3.63, 3.8) is 0 Å². The predicted molar refractivity (Wildman–Crippen MR) is 105 cm³/mol. The van der Waals surface area contributed by atoms with Crippen LogP contribution >= 0.6 is 11.8 Å². The van der Waals surface area contributed by atoms with Crippen LogP contribution in [0.25, 0.3) is 0 Å². The Balaban J connectivity index is 1.94. The molecule has 5 heteroatoms. The van der Waals surface area contributed by atoms with E-state index in [9.17, 15) is 15.0 Å². The van der Waals surface area contributed by atoms with E-state index in [4.69, 9.17) is 4.74 Å². The average molecular weight is 379 g/mol. The molecule has 0 saturated heterocycles. The molecule has 3 unspecified atom stereocenters. The Morgan fingerprint density at radius 2 is 1.96 bits per heavy atom. The first kappa shape index (κ1) is 21.0. The number of ketones is 1. The number of aliphatic hydroxyl groups is 2. The summed E-state index contributed by atoms with van der Waals surface area (Å²) in [6, 6.07) is 9.95. The first-order valence-corrected chi connectivity index (χ1v) is 10.2. The van der Waals surface area contributed by atoms with E-state index in [-0.39, 0.29) is 17.0 Å². The second-order valence-electron chi connectivity index (χ2n) is 7.31. The van der Waals surface area contributed by atoms with Gasteiger partial charge in [0.15, 0.2) is 5.78 Å². The van der Waals surface area contributed by atoms with Crippen molar-refractivity contribution in [3.05, 3.63) is 42.2 Å². The summed E-state index contributed by atoms with van der Waals surface area (Å²) in [6.07, 6.45) is 3.27. The molecule has 1 aromatic rings. The maximum atomic E-state index is 12.3. The third-order valence-corrected chi connectivity index (χ3v) is 6.34. The highest BCUT2D eigenvalue weighted by molar-refractivity contribution is 8.00. The van der Waals surface area contributed by atoms with E-state index in [1.807, 2.05) is 37.3 Å². The largest absolute Gasteiger partial charge is 0.498 e. The monoisotopic (exact) mass is 378 g/mol. The van der Waals surface area contributed by atoms with Crippen molar-refractivity contribution in [2.45, 2.75) is 68.3 Å². The maximum Gasteiger partial charge on any atom is 0.164 e. The number of ether oxygens (including phenoxy) is 1. The predicted octanol–water partition coefficient (Wildman–Crippen LogP) is 3.96. The SMILES string of the molecule is CCOC1=CC(=O)C(C(O)CCC(Sc2ccccc2)C(C)(C)O)CC1. The van der Waals surface area contributed by atoms with Gasteiger partial charge in [-0.05, 0) is 52.2 Å². The van der Waals surface area contributed by atoms with Crippen LogP contribution in [0.5, 0.6) is 0 Å². The van der Waals surface area contributed by atoms with Crippen LogP contribution in [0.3, 0.4) is 0 Å². The number of hydrogen-bond acceptors (Lipinski definition) is 5. The summed E-state index contributed by atoms with van der Waals surface area (Å²) in [6.45, 7) is 6.04. The molecule has 0 amide bonds. The molecule has 0 saturated carbocycles. The number of hydrogen-bond donors (Lipinski definition) is 2. The van der Waals surface area contributed by atoms with Crippen LogP contribution in [-0.4, -0.2) is 39.6 Å². The van der Waals surface area contributed by atoms with Gasteiger partial charge in [-0.2, -0.15) is 0 Å². The van der Waals surface area contributed by atoms with E-state index >= 15 is 0 Å². The van der Waals surface area contributed by atoms with Gasteiger partial charge in [0.05, 0.1) is 24.1 Å². The van der Waals surface area contributed by atoms with Gasteiger partial charge < -0.3 is 14.9 Å². The zero-order valence-electron chi connectivity index (χ0n) is 15.9. The van der Waals surface area contributed by atoms with Crippen LogP contribution in [0.4, 0.5) is 0 Å². The van der Waals surface area contributed by atoms with Gasteiger partial charge in [0, 0.05) is 28.6 Å². The molecule has 0 aromatic heterocycles. The lowest BCUT2D eigenvalue weighted by molar-refractivity contribution is -0.123. The zero-order chi connectivity index (χ0) is 19.2. The number of rotatable bonds is 9. The fourth-order valence-electron chi connectivity index (χ4n) is 3.20. The molecule has 3 atom stereocenters. The smallest absolute Gasteiger partial charge is 0.164 e. The molecule has 1 aromatic carbocycles. The Bertz CT molecular complexity index is 606. The van der Waals surface area contributed by atoms with E-state index < -0.39 is 11.7 Å². The summed E-state index contributed by atoms with van der Waals surface area (Å²) in [5.74, 6) is 0.293. The van der Waals surface area contributed by atoms with Crippen molar-refractivity contribution in [2.24, 2.45) is 5.92 Å². The van der Waals surface area contributed by atoms with Crippen molar-refractivity contribution in [2.75, 3.05) is 6.61 Å². The summed E-state index contributed by atoms with van der Waals surface area (Å²) in [5.41, 5.74) is -0.876. The van der Waals surface area contributed by atoms with Crippen molar-refractivity contribution >= 4 is 17.5 Å². The van der Waals surface area contributed by atoms with Crippen LogP contribution in [0.2, 0.25) is 0 Å². The second-order valence-corrected chi connectivity index (χ2v) is 8.59. The summed E-state index contributed by atoms with van der Waals surface area (Å²) < 4.78 is 5.41. The number of carbonyl (C=O) groups excluding carboxylic acids is 1. The van der Waals surface area contributed by atoms with Crippen molar-refractivity contribution < 1.29 is 19.7 Å². The fraction of sp³-hybridized carbons (Fsp3) is 0.571. The summed E-state index contributed by atoms with van der Waals surface area (Å²) >= 11 is 1.61. The quantitative estimate of drug-likeness (QED) is 0.637. The van der Waals surface area contributed by atoms with Gasteiger partial charge >= 0.3 is 0 Å². The molecule has 0 bridgehead atoms.